The average molecular weight is 444 g/mol. The van der Waals surface area contributed by atoms with Crippen molar-refractivity contribution in [3.8, 4) is 0 Å². The Morgan fingerprint density at radius 3 is 1.15 bits per heavy atom. The van der Waals surface area contributed by atoms with Crippen LogP contribution in [0.3, 0.4) is 0 Å². The summed E-state index contributed by atoms with van der Waals surface area (Å²) in [5, 5.41) is 6.58. The van der Waals surface area contributed by atoms with Crippen LogP contribution < -0.4 is 46.1 Å². The van der Waals surface area contributed by atoms with Gasteiger partial charge in [0.1, 0.15) is 0 Å². The summed E-state index contributed by atoms with van der Waals surface area (Å²) in [6, 6.07) is 0. The minimum absolute atomic E-state index is 0. The predicted octanol–water partition coefficient (Wildman–Crippen LogP) is -2.40. The Morgan fingerprint density at radius 2 is 0.950 bits per heavy atom. The molecule has 0 saturated carbocycles. The standard InChI is InChI=1S/C8H22N4.Co.HI.2N3/c9-3-1-5-11-7-8-12-6-2-4-10;;;2*1-3-2/h11-12H,1-10H2;;1H;;/q;+3;;2*-1/p-1. The number of hydrogen-bond acceptors (Lipinski definition) is 4. The molecule has 20 heavy (non-hydrogen) atoms. The molecule has 0 atom stereocenters. The topological polar surface area (TPSA) is 194 Å². The predicted molar refractivity (Wildman–Crippen MR) is 73.2 cm³/mol. The first-order chi connectivity index (χ1) is 8.74. The summed E-state index contributed by atoms with van der Waals surface area (Å²) in [6.45, 7) is 5.63. The van der Waals surface area contributed by atoms with E-state index in [1.807, 2.05) is 0 Å². The molecule has 0 bridgehead atoms. The molecule has 0 rings (SSSR count). The largest absolute Gasteiger partial charge is 3.00 e. The SMILES string of the molecule is NCCCNCCNCCCN.[Co+3].[I-].[N-]=[N+]=[N-].[N-]=[N+]=[N-]. The van der Waals surface area contributed by atoms with Gasteiger partial charge < -0.3 is 68.2 Å². The third kappa shape index (κ3) is 65.2. The van der Waals surface area contributed by atoms with Crippen LogP contribution >= 0.6 is 0 Å². The first-order valence-corrected chi connectivity index (χ1v) is 5.53. The molecular formula is C8H22CoIN10. The van der Waals surface area contributed by atoms with Gasteiger partial charge in [-0.2, -0.15) is 0 Å². The van der Waals surface area contributed by atoms with Crippen molar-refractivity contribution >= 4 is 0 Å². The Bertz CT molecular complexity index is 183. The van der Waals surface area contributed by atoms with E-state index in [9.17, 15) is 0 Å². The third-order valence-electron chi connectivity index (χ3n) is 1.59. The quantitative estimate of drug-likeness (QED) is 0.101. The number of hydrogen-bond donors (Lipinski definition) is 4. The molecule has 0 amide bonds. The molecule has 0 aliphatic rings. The van der Waals surface area contributed by atoms with Crippen molar-refractivity contribution in [3.63, 3.8) is 0 Å². The van der Waals surface area contributed by atoms with E-state index in [2.05, 4.69) is 10.6 Å². The fraction of sp³-hybridized carbons (Fsp3) is 1.00. The van der Waals surface area contributed by atoms with Gasteiger partial charge >= 0.3 is 16.8 Å². The summed E-state index contributed by atoms with van der Waals surface area (Å²) in [6.07, 6.45) is 2.12. The van der Waals surface area contributed by atoms with Gasteiger partial charge in [-0.05, 0) is 39.0 Å². The second-order valence-corrected chi connectivity index (χ2v) is 2.96. The van der Waals surface area contributed by atoms with Crippen LogP contribution in [-0.2, 0) is 16.8 Å². The first-order valence-electron chi connectivity index (χ1n) is 5.53. The first kappa shape index (κ1) is 31.9. The molecule has 0 fully saturated rings. The summed E-state index contributed by atoms with van der Waals surface area (Å²) in [5.74, 6) is 0. The van der Waals surface area contributed by atoms with Crippen LogP contribution in [0.1, 0.15) is 12.8 Å². The molecule has 6 N–H and O–H groups in total. The van der Waals surface area contributed by atoms with E-state index in [1.165, 1.54) is 9.82 Å². The third-order valence-corrected chi connectivity index (χ3v) is 1.59. The van der Waals surface area contributed by atoms with Gasteiger partial charge in [0, 0.05) is 13.1 Å². The van der Waals surface area contributed by atoms with Crippen molar-refractivity contribution in [1.29, 1.82) is 0 Å². The van der Waals surface area contributed by atoms with Crippen LogP contribution in [0.4, 0.5) is 0 Å². The summed E-state index contributed by atoms with van der Waals surface area (Å²) < 4.78 is 0. The fourth-order valence-corrected chi connectivity index (χ4v) is 0.881. The molecule has 0 aromatic carbocycles. The van der Waals surface area contributed by atoms with Gasteiger partial charge in [0.15, 0.2) is 0 Å². The minimum atomic E-state index is 0. The summed E-state index contributed by atoms with van der Waals surface area (Å²) in [5.41, 5.74) is 37.7. The van der Waals surface area contributed by atoms with E-state index in [4.69, 9.17) is 33.6 Å². The van der Waals surface area contributed by atoms with Crippen molar-refractivity contribution in [3.05, 3.63) is 31.9 Å². The molecule has 0 saturated heterocycles. The molecule has 0 aromatic rings. The molecule has 12 heteroatoms. The Balaban J connectivity index is -0.0000000805. The van der Waals surface area contributed by atoms with Crippen molar-refractivity contribution in [2.24, 2.45) is 11.5 Å². The zero-order valence-electron chi connectivity index (χ0n) is 11.2. The molecule has 0 radical (unpaired) electrons. The summed E-state index contributed by atoms with van der Waals surface area (Å²) in [7, 11) is 0. The second-order valence-electron chi connectivity index (χ2n) is 2.96. The van der Waals surface area contributed by atoms with E-state index in [-0.39, 0.29) is 40.8 Å². The number of nitrogens with one attached hydrogen (secondary N) is 2. The van der Waals surface area contributed by atoms with Gasteiger partial charge in [-0.25, -0.2) is 0 Å². The van der Waals surface area contributed by atoms with Crippen LogP contribution in [0, 0.1) is 0 Å². The van der Waals surface area contributed by atoms with Crippen LogP contribution in [0.25, 0.3) is 31.9 Å². The minimum Gasteiger partial charge on any atom is -1.00 e. The Labute approximate surface area is 146 Å². The fourth-order valence-electron chi connectivity index (χ4n) is 0.881. The molecule has 0 aromatic heterocycles. The molecule has 0 spiro atoms. The van der Waals surface area contributed by atoms with Crippen LogP contribution in [0.2, 0.25) is 0 Å². The van der Waals surface area contributed by atoms with Crippen molar-refractivity contribution in [2.45, 2.75) is 12.8 Å². The summed E-state index contributed by atoms with van der Waals surface area (Å²) >= 11 is 0. The molecule has 0 heterocycles. The molecule has 0 aliphatic heterocycles. The maximum Gasteiger partial charge on any atom is 3.00 e. The van der Waals surface area contributed by atoms with E-state index in [0.29, 0.717) is 0 Å². The van der Waals surface area contributed by atoms with Gasteiger partial charge in [0.25, 0.3) is 0 Å². The monoisotopic (exact) mass is 444 g/mol. The maximum atomic E-state index is 6.75. The molecular weight excluding hydrogens is 422 g/mol. The smallest absolute Gasteiger partial charge is 1.00 e. The molecule has 0 unspecified atom stereocenters. The molecule has 10 nitrogen and oxygen atoms in total. The summed E-state index contributed by atoms with van der Waals surface area (Å²) in [4.78, 5) is 3.00. The van der Waals surface area contributed by atoms with E-state index in [1.54, 1.807) is 0 Å². The van der Waals surface area contributed by atoms with Crippen LogP contribution in [0.5, 0.6) is 0 Å². The number of rotatable bonds is 9. The zero-order chi connectivity index (χ0) is 14.5. The Hall–Kier alpha value is -0.304. The second kappa shape index (κ2) is 42.8. The van der Waals surface area contributed by atoms with Crippen molar-refractivity contribution in [1.82, 2.24) is 10.6 Å². The van der Waals surface area contributed by atoms with Crippen molar-refractivity contribution < 1.29 is 40.8 Å². The number of nitrogens with zero attached hydrogens (tertiary/aromatic N) is 6. The maximum absolute atomic E-state index is 6.75. The van der Waals surface area contributed by atoms with E-state index >= 15 is 0 Å². The van der Waals surface area contributed by atoms with Gasteiger partial charge in [0.05, 0.1) is 0 Å². The van der Waals surface area contributed by atoms with E-state index < -0.39 is 0 Å². The van der Waals surface area contributed by atoms with Crippen molar-refractivity contribution in [2.75, 3.05) is 39.3 Å². The van der Waals surface area contributed by atoms with Crippen LogP contribution in [-0.4, -0.2) is 39.3 Å². The van der Waals surface area contributed by atoms with Gasteiger partial charge in [-0.3, -0.25) is 9.82 Å². The number of halogens is 1. The van der Waals surface area contributed by atoms with Crippen LogP contribution in [0.15, 0.2) is 0 Å². The zero-order valence-corrected chi connectivity index (χ0v) is 14.4. The molecule has 0 aliphatic carbocycles. The van der Waals surface area contributed by atoms with Gasteiger partial charge in [-0.1, -0.05) is 0 Å². The Kier molecular flexibility index (Phi) is 68.2. The normalized spacial score (nSPS) is 7.10. The Morgan fingerprint density at radius 1 is 0.700 bits per heavy atom. The average Bonchev–Trinajstić information content (AvgIpc) is 2.35. The molecule has 120 valence electrons. The van der Waals surface area contributed by atoms with E-state index in [0.717, 1.165) is 52.1 Å². The van der Waals surface area contributed by atoms with Gasteiger partial charge in [-0.15, -0.1) is 0 Å². The number of nitrogens with two attached hydrogens (primary N) is 2. The van der Waals surface area contributed by atoms with Gasteiger partial charge in [0.2, 0.25) is 0 Å².